The molecular weight excluding hydrogens is 369 g/mol. The van der Waals surface area contributed by atoms with Crippen molar-refractivity contribution < 1.29 is 18.7 Å². The van der Waals surface area contributed by atoms with E-state index in [2.05, 4.69) is 15.7 Å². The SMILES string of the molecule is CC(C)c1cc(-n2nnn(C)c2=O)c(OCCNC(=O)OC(C)(C)C)cc1F. The van der Waals surface area contributed by atoms with Gasteiger partial charge >= 0.3 is 11.8 Å². The van der Waals surface area contributed by atoms with Gasteiger partial charge in [-0.25, -0.2) is 14.0 Å². The van der Waals surface area contributed by atoms with Crippen LogP contribution in [0.3, 0.4) is 0 Å². The minimum atomic E-state index is -0.610. The first-order valence-corrected chi connectivity index (χ1v) is 8.92. The van der Waals surface area contributed by atoms with Gasteiger partial charge < -0.3 is 14.8 Å². The lowest BCUT2D eigenvalue weighted by atomic mass is 10.0. The Morgan fingerprint density at radius 2 is 1.96 bits per heavy atom. The van der Waals surface area contributed by atoms with Crippen molar-refractivity contribution in [1.29, 1.82) is 0 Å². The molecule has 0 fully saturated rings. The third-order valence-corrected chi connectivity index (χ3v) is 3.68. The maximum Gasteiger partial charge on any atom is 0.407 e. The van der Waals surface area contributed by atoms with Gasteiger partial charge in [-0.3, -0.25) is 0 Å². The van der Waals surface area contributed by atoms with Crippen molar-refractivity contribution in [1.82, 2.24) is 25.1 Å². The number of carbonyl (C=O) groups excluding carboxylic acids is 1. The third-order valence-electron chi connectivity index (χ3n) is 3.68. The maximum atomic E-state index is 14.4. The first kappa shape index (κ1) is 21.4. The Hall–Kier alpha value is -2.91. The minimum Gasteiger partial charge on any atom is -0.489 e. The number of aryl methyl sites for hydroxylation is 1. The van der Waals surface area contributed by atoms with Crippen molar-refractivity contribution in [3.63, 3.8) is 0 Å². The van der Waals surface area contributed by atoms with Gasteiger partial charge in [-0.2, -0.15) is 9.36 Å². The van der Waals surface area contributed by atoms with E-state index in [1.165, 1.54) is 19.2 Å². The van der Waals surface area contributed by atoms with Crippen molar-refractivity contribution in [3.05, 3.63) is 34.0 Å². The number of amides is 1. The number of nitrogens with one attached hydrogen (secondary N) is 1. The van der Waals surface area contributed by atoms with Crippen molar-refractivity contribution in [2.45, 2.75) is 46.1 Å². The first-order valence-electron chi connectivity index (χ1n) is 8.92. The van der Waals surface area contributed by atoms with Crippen molar-refractivity contribution in [2.75, 3.05) is 13.2 Å². The maximum absolute atomic E-state index is 14.4. The molecule has 1 N–H and O–H groups in total. The van der Waals surface area contributed by atoms with Crippen LogP contribution >= 0.6 is 0 Å². The van der Waals surface area contributed by atoms with E-state index in [4.69, 9.17) is 9.47 Å². The molecule has 9 nitrogen and oxygen atoms in total. The number of ether oxygens (including phenoxy) is 2. The Morgan fingerprint density at radius 3 is 2.50 bits per heavy atom. The number of hydrogen-bond acceptors (Lipinski definition) is 6. The van der Waals surface area contributed by atoms with E-state index >= 15 is 0 Å². The van der Waals surface area contributed by atoms with E-state index in [0.29, 0.717) is 5.56 Å². The average molecular weight is 395 g/mol. The van der Waals surface area contributed by atoms with Gasteiger partial charge in [0, 0.05) is 13.1 Å². The molecule has 10 heteroatoms. The van der Waals surface area contributed by atoms with Crippen LogP contribution in [0.1, 0.15) is 46.1 Å². The largest absolute Gasteiger partial charge is 0.489 e. The monoisotopic (exact) mass is 395 g/mol. The van der Waals surface area contributed by atoms with Crippen molar-refractivity contribution in [3.8, 4) is 11.4 Å². The van der Waals surface area contributed by atoms with E-state index in [0.717, 1.165) is 9.36 Å². The van der Waals surface area contributed by atoms with Gasteiger partial charge in [0.25, 0.3) is 0 Å². The zero-order chi connectivity index (χ0) is 21.1. The lowest BCUT2D eigenvalue weighted by Crippen LogP contribution is -2.34. The summed E-state index contributed by atoms with van der Waals surface area (Å²) in [5.41, 5.74) is -0.397. The molecule has 1 aromatic heterocycles. The minimum absolute atomic E-state index is 0.0434. The predicted molar refractivity (Wildman–Crippen MR) is 100 cm³/mol. The first-order chi connectivity index (χ1) is 13.0. The number of carbonyl (C=O) groups is 1. The average Bonchev–Trinajstić information content (AvgIpc) is 2.89. The standard InChI is InChI=1S/C18H26FN5O4/c1-11(2)12-9-14(24-17(26)23(6)21-22-24)15(10-13(12)19)27-8-7-20-16(25)28-18(3,4)5/h9-11H,7-8H2,1-6H3,(H,20,25). The lowest BCUT2D eigenvalue weighted by Gasteiger charge is -2.20. The summed E-state index contributed by atoms with van der Waals surface area (Å²) in [5.74, 6) is -0.435. The Morgan fingerprint density at radius 1 is 1.29 bits per heavy atom. The highest BCUT2D eigenvalue weighted by Gasteiger charge is 2.19. The molecule has 0 aliphatic carbocycles. The molecule has 0 aliphatic rings. The molecule has 1 amide bonds. The molecule has 154 valence electrons. The van der Waals surface area contributed by atoms with Gasteiger partial charge in [-0.05, 0) is 48.7 Å². The van der Waals surface area contributed by atoms with E-state index in [1.54, 1.807) is 20.8 Å². The Bertz CT molecular complexity index is 898. The summed E-state index contributed by atoms with van der Waals surface area (Å²) in [6.07, 6.45) is -0.581. The van der Waals surface area contributed by atoms with Crippen molar-refractivity contribution >= 4 is 6.09 Å². The number of benzene rings is 1. The highest BCUT2D eigenvalue weighted by atomic mass is 19.1. The van der Waals surface area contributed by atoms with Crippen LogP contribution in [0.4, 0.5) is 9.18 Å². The molecule has 28 heavy (non-hydrogen) atoms. The molecule has 0 saturated heterocycles. The molecule has 0 aliphatic heterocycles. The fourth-order valence-electron chi connectivity index (χ4n) is 2.38. The number of alkyl carbamates (subject to hydrolysis) is 1. The van der Waals surface area contributed by atoms with E-state index < -0.39 is 23.2 Å². The normalized spacial score (nSPS) is 11.6. The molecular formula is C18H26FN5O4. The van der Waals surface area contributed by atoms with Crippen LogP contribution in [0, 0.1) is 5.82 Å². The highest BCUT2D eigenvalue weighted by Crippen LogP contribution is 2.29. The molecule has 0 saturated carbocycles. The van der Waals surface area contributed by atoms with Gasteiger partial charge in [0.05, 0.1) is 6.54 Å². The Kier molecular flexibility index (Phi) is 6.42. The molecule has 1 heterocycles. The Balaban J connectivity index is 2.19. The van der Waals surface area contributed by atoms with Crippen LogP contribution in [0.5, 0.6) is 5.75 Å². The second kappa shape index (κ2) is 8.41. The van der Waals surface area contributed by atoms with E-state index in [1.807, 2.05) is 13.8 Å². The molecule has 2 rings (SSSR count). The molecule has 1 aromatic carbocycles. The number of aromatic nitrogens is 4. The summed E-state index contributed by atoms with van der Waals surface area (Å²) in [6.45, 7) is 9.13. The summed E-state index contributed by atoms with van der Waals surface area (Å²) in [6, 6.07) is 2.73. The third kappa shape index (κ3) is 5.30. The topological polar surface area (TPSA) is 100 Å². The van der Waals surface area contributed by atoms with Gasteiger partial charge in [-0.15, -0.1) is 0 Å². The number of halogens is 1. The number of tetrazole rings is 1. The van der Waals surface area contributed by atoms with Gasteiger partial charge in [-0.1, -0.05) is 13.8 Å². The van der Waals surface area contributed by atoms with Crippen LogP contribution in [0.2, 0.25) is 0 Å². The molecule has 0 atom stereocenters. The van der Waals surface area contributed by atoms with Crippen molar-refractivity contribution in [2.24, 2.45) is 7.05 Å². The number of rotatable bonds is 6. The molecule has 0 spiro atoms. The van der Waals surface area contributed by atoms with Crippen LogP contribution < -0.4 is 15.7 Å². The fraction of sp³-hybridized carbons (Fsp3) is 0.556. The predicted octanol–water partition coefficient (Wildman–Crippen LogP) is 2.13. The molecule has 0 unspecified atom stereocenters. The van der Waals surface area contributed by atoms with Gasteiger partial charge in [0.15, 0.2) is 0 Å². The summed E-state index contributed by atoms with van der Waals surface area (Å²) >= 11 is 0. The van der Waals surface area contributed by atoms with Gasteiger partial charge in [0.2, 0.25) is 0 Å². The summed E-state index contributed by atoms with van der Waals surface area (Å²) in [7, 11) is 1.46. The smallest absolute Gasteiger partial charge is 0.407 e. The summed E-state index contributed by atoms with van der Waals surface area (Å²) in [4.78, 5) is 23.9. The molecule has 0 bridgehead atoms. The zero-order valence-electron chi connectivity index (χ0n) is 16.9. The van der Waals surface area contributed by atoms with E-state index in [-0.39, 0.29) is 30.5 Å². The lowest BCUT2D eigenvalue weighted by molar-refractivity contribution is 0.0520. The molecule has 0 radical (unpaired) electrons. The van der Waals surface area contributed by atoms with Gasteiger partial charge in [0.1, 0.15) is 29.5 Å². The second-order valence-corrected chi connectivity index (χ2v) is 7.57. The molecule has 2 aromatic rings. The van der Waals surface area contributed by atoms with Crippen LogP contribution in [-0.2, 0) is 11.8 Å². The number of nitrogens with zero attached hydrogens (tertiary/aromatic N) is 4. The van der Waals surface area contributed by atoms with Crippen LogP contribution in [0.15, 0.2) is 16.9 Å². The van der Waals surface area contributed by atoms with E-state index in [9.17, 15) is 14.0 Å². The second-order valence-electron chi connectivity index (χ2n) is 7.57. The van der Waals surface area contributed by atoms with Crippen LogP contribution in [-0.4, -0.2) is 44.6 Å². The number of hydrogen-bond donors (Lipinski definition) is 1. The Labute approximate surface area is 162 Å². The zero-order valence-corrected chi connectivity index (χ0v) is 16.9. The summed E-state index contributed by atoms with van der Waals surface area (Å²) < 4.78 is 27.3. The van der Waals surface area contributed by atoms with Crippen LogP contribution in [0.25, 0.3) is 5.69 Å². The highest BCUT2D eigenvalue weighted by molar-refractivity contribution is 5.67. The summed E-state index contributed by atoms with van der Waals surface area (Å²) in [5, 5.41) is 10.0. The fourth-order valence-corrected chi connectivity index (χ4v) is 2.38. The quantitative estimate of drug-likeness (QED) is 0.752.